The molecule has 0 atom stereocenters. The standard InChI is InChI=1S/C13H16N2O/c1-3-4-5-6-7-8-9-16-13-10-12(2)14-11-15-13/h4-11H,3H2,1-2H3/b5-4-,7-6-,9-8+. The van der Waals surface area contributed by atoms with Crippen molar-refractivity contribution >= 4 is 0 Å². The Kier molecular flexibility index (Phi) is 5.63. The Morgan fingerprint density at radius 1 is 1.19 bits per heavy atom. The normalized spacial score (nSPS) is 11.9. The van der Waals surface area contributed by atoms with Crippen LogP contribution in [0.25, 0.3) is 0 Å². The first kappa shape index (κ1) is 12.2. The summed E-state index contributed by atoms with van der Waals surface area (Å²) in [5.74, 6) is 0.557. The highest BCUT2D eigenvalue weighted by Crippen LogP contribution is 2.05. The number of aryl methyl sites for hydroxylation is 1. The topological polar surface area (TPSA) is 35.0 Å². The van der Waals surface area contributed by atoms with Crippen molar-refractivity contribution in [2.75, 3.05) is 0 Å². The molecule has 0 aliphatic carbocycles. The minimum atomic E-state index is 0.557. The Hall–Kier alpha value is -1.90. The summed E-state index contributed by atoms with van der Waals surface area (Å²) in [6, 6.07) is 1.78. The van der Waals surface area contributed by atoms with Crippen LogP contribution in [-0.4, -0.2) is 9.97 Å². The summed E-state index contributed by atoms with van der Waals surface area (Å²) in [4.78, 5) is 7.94. The average Bonchev–Trinajstić information content (AvgIpc) is 2.28. The number of ether oxygens (including phenoxy) is 1. The zero-order valence-corrected chi connectivity index (χ0v) is 9.63. The molecular formula is C13H16N2O. The van der Waals surface area contributed by atoms with Crippen LogP contribution in [0.2, 0.25) is 0 Å². The SMILES string of the molecule is CC\C=C/C=C\C=C\Oc1cc(C)ncn1. The van der Waals surface area contributed by atoms with E-state index in [-0.39, 0.29) is 0 Å². The second-order valence-corrected chi connectivity index (χ2v) is 3.17. The number of nitrogens with zero attached hydrogens (tertiary/aromatic N) is 2. The molecule has 0 amide bonds. The summed E-state index contributed by atoms with van der Waals surface area (Å²) in [6.07, 6.45) is 13.9. The van der Waals surface area contributed by atoms with Gasteiger partial charge in [-0.05, 0) is 19.4 Å². The molecule has 1 rings (SSSR count). The molecule has 0 saturated heterocycles. The van der Waals surface area contributed by atoms with Crippen molar-refractivity contribution in [3.05, 3.63) is 54.7 Å². The molecule has 0 aliphatic heterocycles. The molecule has 0 fully saturated rings. The molecule has 0 unspecified atom stereocenters. The first-order valence-corrected chi connectivity index (χ1v) is 5.26. The average molecular weight is 216 g/mol. The van der Waals surface area contributed by atoms with Crippen LogP contribution in [0.4, 0.5) is 0 Å². The molecule has 3 heteroatoms. The zero-order valence-electron chi connectivity index (χ0n) is 9.63. The van der Waals surface area contributed by atoms with Gasteiger partial charge in [0.15, 0.2) is 0 Å². The quantitative estimate of drug-likeness (QED) is 0.560. The molecular weight excluding hydrogens is 200 g/mol. The molecule has 0 aromatic carbocycles. The third-order valence-electron chi connectivity index (χ3n) is 1.75. The lowest BCUT2D eigenvalue weighted by Crippen LogP contribution is -1.88. The predicted octanol–water partition coefficient (Wildman–Crippen LogP) is 3.20. The number of hydrogen-bond donors (Lipinski definition) is 0. The molecule has 0 spiro atoms. The van der Waals surface area contributed by atoms with E-state index in [2.05, 4.69) is 23.0 Å². The van der Waals surface area contributed by atoms with Gasteiger partial charge in [-0.25, -0.2) is 9.97 Å². The van der Waals surface area contributed by atoms with Crippen LogP contribution in [0.3, 0.4) is 0 Å². The smallest absolute Gasteiger partial charge is 0.221 e. The van der Waals surface area contributed by atoms with E-state index in [1.165, 1.54) is 6.33 Å². The Morgan fingerprint density at radius 2 is 2.00 bits per heavy atom. The second-order valence-electron chi connectivity index (χ2n) is 3.17. The van der Waals surface area contributed by atoms with Crippen LogP contribution in [0, 0.1) is 6.92 Å². The van der Waals surface area contributed by atoms with Crippen LogP contribution in [0.5, 0.6) is 5.88 Å². The van der Waals surface area contributed by atoms with E-state index < -0.39 is 0 Å². The van der Waals surface area contributed by atoms with Crippen LogP contribution >= 0.6 is 0 Å². The largest absolute Gasteiger partial charge is 0.447 e. The van der Waals surface area contributed by atoms with Crippen molar-refractivity contribution in [2.24, 2.45) is 0 Å². The summed E-state index contributed by atoms with van der Waals surface area (Å²) in [7, 11) is 0. The van der Waals surface area contributed by atoms with Gasteiger partial charge < -0.3 is 4.74 Å². The molecule has 1 aromatic rings. The van der Waals surface area contributed by atoms with E-state index >= 15 is 0 Å². The third kappa shape index (κ3) is 5.10. The molecule has 0 radical (unpaired) electrons. The highest BCUT2D eigenvalue weighted by Gasteiger charge is 1.91. The lowest BCUT2D eigenvalue weighted by Gasteiger charge is -1.97. The van der Waals surface area contributed by atoms with Crippen LogP contribution in [0.15, 0.2) is 49.0 Å². The number of rotatable bonds is 5. The van der Waals surface area contributed by atoms with E-state index in [1.807, 2.05) is 31.2 Å². The maximum absolute atomic E-state index is 5.29. The lowest BCUT2D eigenvalue weighted by atomic mass is 10.4. The molecule has 0 bridgehead atoms. The minimum absolute atomic E-state index is 0.557. The minimum Gasteiger partial charge on any atom is -0.447 e. The second kappa shape index (κ2) is 7.40. The van der Waals surface area contributed by atoms with Crippen LogP contribution < -0.4 is 4.74 Å². The van der Waals surface area contributed by atoms with Gasteiger partial charge in [-0.3, -0.25) is 0 Å². The van der Waals surface area contributed by atoms with E-state index in [9.17, 15) is 0 Å². The molecule has 1 aromatic heterocycles. The number of allylic oxidation sites excluding steroid dienone is 5. The Labute approximate surface area is 96.2 Å². The highest BCUT2D eigenvalue weighted by molar-refractivity contribution is 5.15. The van der Waals surface area contributed by atoms with E-state index in [0.29, 0.717) is 5.88 Å². The third-order valence-corrected chi connectivity index (χ3v) is 1.75. The van der Waals surface area contributed by atoms with Crippen molar-refractivity contribution in [1.29, 1.82) is 0 Å². The van der Waals surface area contributed by atoms with E-state index in [0.717, 1.165) is 12.1 Å². The molecule has 1 heterocycles. The fourth-order valence-corrected chi connectivity index (χ4v) is 0.992. The maximum atomic E-state index is 5.29. The predicted molar refractivity (Wildman–Crippen MR) is 65.1 cm³/mol. The lowest BCUT2D eigenvalue weighted by molar-refractivity contribution is 0.459. The summed E-state index contributed by atoms with van der Waals surface area (Å²) < 4.78 is 5.29. The Morgan fingerprint density at radius 3 is 2.75 bits per heavy atom. The molecule has 0 aliphatic rings. The summed E-state index contributed by atoms with van der Waals surface area (Å²) in [5.41, 5.74) is 0.889. The van der Waals surface area contributed by atoms with Gasteiger partial charge in [-0.15, -0.1) is 0 Å². The molecule has 16 heavy (non-hydrogen) atoms. The molecule has 0 N–H and O–H groups in total. The Balaban J connectivity index is 2.37. The van der Waals surface area contributed by atoms with Crippen molar-refractivity contribution in [2.45, 2.75) is 20.3 Å². The fraction of sp³-hybridized carbons (Fsp3) is 0.231. The summed E-state index contributed by atoms with van der Waals surface area (Å²) in [6.45, 7) is 3.99. The van der Waals surface area contributed by atoms with Gasteiger partial charge in [-0.1, -0.05) is 31.2 Å². The van der Waals surface area contributed by atoms with Crippen LogP contribution in [-0.2, 0) is 0 Å². The maximum Gasteiger partial charge on any atom is 0.221 e. The summed E-state index contributed by atoms with van der Waals surface area (Å²) in [5, 5.41) is 0. The summed E-state index contributed by atoms with van der Waals surface area (Å²) >= 11 is 0. The molecule has 84 valence electrons. The number of aromatic nitrogens is 2. The van der Waals surface area contributed by atoms with Gasteiger partial charge in [0.05, 0.1) is 6.26 Å². The zero-order chi connectivity index (χ0) is 11.6. The van der Waals surface area contributed by atoms with Crippen molar-refractivity contribution in [1.82, 2.24) is 9.97 Å². The van der Waals surface area contributed by atoms with Gasteiger partial charge in [0, 0.05) is 11.8 Å². The number of hydrogen-bond acceptors (Lipinski definition) is 3. The first-order chi connectivity index (χ1) is 7.83. The van der Waals surface area contributed by atoms with E-state index in [4.69, 9.17) is 4.74 Å². The van der Waals surface area contributed by atoms with Gasteiger partial charge >= 0.3 is 0 Å². The Bertz CT molecular complexity index is 395. The van der Waals surface area contributed by atoms with Crippen LogP contribution in [0.1, 0.15) is 19.0 Å². The van der Waals surface area contributed by atoms with Crippen molar-refractivity contribution in [3.8, 4) is 5.88 Å². The molecule has 0 saturated carbocycles. The monoisotopic (exact) mass is 216 g/mol. The highest BCUT2D eigenvalue weighted by atomic mass is 16.5. The van der Waals surface area contributed by atoms with Crippen molar-refractivity contribution in [3.63, 3.8) is 0 Å². The van der Waals surface area contributed by atoms with Crippen molar-refractivity contribution < 1.29 is 4.74 Å². The fourth-order valence-electron chi connectivity index (χ4n) is 0.992. The first-order valence-electron chi connectivity index (χ1n) is 5.26. The molecule has 3 nitrogen and oxygen atoms in total. The van der Waals surface area contributed by atoms with Gasteiger partial charge in [-0.2, -0.15) is 0 Å². The van der Waals surface area contributed by atoms with Gasteiger partial charge in [0.25, 0.3) is 0 Å². The van der Waals surface area contributed by atoms with E-state index in [1.54, 1.807) is 12.3 Å². The van der Waals surface area contributed by atoms with Gasteiger partial charge in [0.1, 0.15) is 6.33 Å². The van der Waals surface area contributed by atoms with Gasteiger partial charge in [0.2, 0.25) is 5.88 Å².